The zero-order valence-corrected chi connectivity index (χ0v) is 21.4. The third kappa shape index (κ3) is 4.50. The van der Waals surface area contributed by atoms with Crippen molar-refractivity contribution < 1.29 is 33.3 Å². The van der Waals surface area contributed by atoms with Gasteiger partial charge in [0.15, 0.2) is 6.29 Å². The maximum atomic E-state index is 12.2. The maximum Gasteiger partial charge on any atom is 0.304 e. The first-order chi connectivity index (χ1) is 16.0. The smallest absolute Gasteiger partial charge is 0.304 e. The molecule has 0 bridgehead atoms. The fraction of sp³-hybridized carbons (Fsp3) is 0.704. The fourth-order valence-electron chi connectivity index (χ4n) is 6.52. The van der Waals surface area contributed by atoms with E-state index in [4.69, 9.17) is 23.7 Å². The normalized spacial score (nSPS) is 38.8. The molecule has 1 saturated heterocycles. The monoisotopic (exact) mass is 476 g/mol. The molecule has 3 aliphatic rings. The highest BCUT2D eigenvalue weighted by molar-refractivity contribution is 5.67. The summed E-state index contributed by atoms with van der Waals surface area (Å²) >= 11 is 0. The Morgan fingerprint density at radius 2 is 1.91 bits per heavy atom. The molecule has 2 fully saturated rings. The van der Waals surface area contributed by atoms with Gasteiger partial charge in [0.1, 0.15) is 6.10 Å². The van der Waals surface area contributed by atoms with Crippen LogP contribution < -0.4 is 0 Å². The number of methoxy groups -OCH3 is 1. The largest absolute Gasteiger partial charge is 0.458 e. The fourth-order valence-corrected chi connectivity index (χ4v) is 6.52. The van der Waals surface area contributed by atoms with E-state index in [-0.39, 0.29) is 29.3 Å². The lowest BCUT2D eigenvalue weighted by Crippen LogP contribution is -2.63. The van der Waals surface area contributed by atoms with E-state index in [1.165, 1.54) is 13.8 Å². The van der Waals surface area contributed by atoms with E-state index in [0.29, 0.717) is 13.0 Å². The Morgan fingerprint density at radius 3 is 2.47 bits per heavy atom. The lowest BCUT2D eigenvalue weighted by Gasteiger charge is -2.61. The Balaban J connectivity index is 2.21. The van der Waals surface area contributed by atoms with Crippen molar-refractivity contribution in [3.05, 3.63) is 36.5 Å². The molecule has 1 saturated carbocycles. The van der Waals surface area contributed by atoms with Crippen molar-refractivity contribution in [3.8, 4) is 0 Å². The zero-order chi connectivity index (χ0) is 25.3. The summed E-state index contributed by atoms with van der Waals surface area (Å²) in [6.07, 6.45) is 4.44. The Hall–Kier alpha value is -1.96. The average Bonchev–Trinajstić information content (AvgIpc) is 3.06. The van der Waals surface area contributed by atoms with Crippen molar-refractivity contribution >= 4 is 11.9 Å². The van der Waals surface area contributed by atoms with Crippen LogP contribution in [0.5, 0.6) is 0 Å². The average molecular weight is 477 g/mol. The molecule has 3 rings (SSSR count). The molecule has 1 heterocycles. The molecule has 0 amide bonds. The second kappa shape index (κ2) is 10.3. The zero-order valence-electron chi connectivity index (χ0n) is 21.4. The van der Waals surface area contributed by atoms with Crippen LogP contribution in [0.1, 0.15) is 60.3 Å². The van der Waals surface area contributed by atoms with Gasteiger partial charge >= 0.3 is 11.9 Å². The van der Waals surface area contributed by atoms with Gasteiger partial charge in [-0.15, -0.1) is 0 Å². The molecule has 0 aromatic rings. The second-order valence-electron chi connectivity index (χ2n) is 10.1. The SMILES string of the molecule is C=CC(=C)CC[C@]1(C)[C@H](C)C[C@H](OC)[C@@]23C(=C[C@@H](OC(C)=O)C[C@@H]12)[C@@H](OCC)O[C@H]3OC(C)=O. The Labute approximate surface area is 203 Å². The third-order valence-corrected chi connectivity index (χ3v) is 8.29. The molecule has 0 N–H and O–H groups in total. The number of ether oxygens (including phenoxy) is 5. The van der Waals surface area contributed by atoms with E-state index in [2.05, 4.69) is 27.0 Å². The molecule has 7 nitrogen and oxygen atoms in total. The third-order valence-electron chi connectivity index (χ3n) is 8.29. The van der Waals surface area contributed by atoms with Crippen LogP contribution in [0.4, 0.5) is 0 Å². The van der Waals surface area contributed by atoms with Crippen LogP contribution in [0.3, 0.4) is 0 Å². The number of esters is 2. The molecular weight excluding hydrogens is 436 g/mol. The second-order valence-corrected chi connectivity index (χ2v) is 10.1. The number of rotatable bonds is 9. The number of allylic oxidation sites excluding steroid dienone is 2. The van der Waals surface area contributed by atoms with E-state index >= 15 is 0 Å². The summed E-state index contributed by atoms with van der Waals surface area (Å²) in [7, 11) is 1.69. The van der Waals surface area contributed by atoms with Gasteiger partial charge < -0.3 is 23.7 Å². The predicted octanol–water partition coefficient (Wildman–Crippen LogP) is 4.72. The number of carbonyl (C=O) groups excluding carboxylic acids is 2. The van der Waals surface area contributed by atoms with Gasteiger partial charge in [0.25, 0.3) is 0 Å². The van der Waals surface area contributed by atoms with Crippen molar-refractivity contribution in [1.29, 1.82) is 0 Å². The van der Waals surface area contributed by atoms with Crippen LogP contribution in [0, 0.1) is 22.7 Å². The number of hydrogen-bond acceptors (Lipinski definition) is 7. The lowest BCUT2D eigenvalue weighted by atomic mass is 9.45. The van der Waals surface area contributed by atoms with Crippen LogP contribution in [0.25, 0.3) is 0 Å². The molecule has 190 valence electrons. The van der Waals surface area contributed by atoms with Crippen molar-refractivity contribution in [2.45, 2.75) is 85.1 Å². The molecule has 2 aliphatic carbocycles. The first-order valence-corrected chi connectivity index (χ1v) is 12.2. The van der Waals surface area contributed by atoms with E-state index in [9.17, 15) is 9.59 Å². The molecule has 8 atom stereocenters. The number of hydrogen-bond donors (Lipinski definition) is 0. The van der Waals surface area contributed by atoms with E-state index < -0.39 is 30.1 Å². The van der Waals surface area contributed by atoms with Crippen LogP contribution >= 0.6 is 0 Å². The van der Waals surface area contributed by atoms with Gasteiger partial charge in [-0.3, -0.25) is 9.59 Å². The van der Waals surface area contributed by atoms with Gasteiger partial charge in [0, 0.05) is 33.1 Å². The minimum absolute atomic E-state index is 0.0644. The molecule has 7 heteroatoms. The first-order valence-electron chi connectivity index (χ1n) is 12.2. The number of carbonyl (C=O) groups is 2. The molecule has 0 aromatic heterocycles. The van der Waals surface area contributed by atoms with Gasteiger partial charge in [0.05, 0.1) is 11.5 Å². The van der Waals surface area contributed by atoms with Crippen LogP contribution in [-0.2, 0) is 33.3 Å². The quantitative estimate of drug-likeness (QED) is 0.271. The molecule has 0 radical (unpaired) electrons. The standard InChI is InChI=1S/C27H40O7/c1-9-16(3)11-12-26(7)17(4)13-23(30-8)27-21(14-20(15-22(26)27)32-18(5)28)24(31-10-2)34-25(27)33-19(6)29/h9,14,17,20,22-25H,1,3,10-13,15H2,2,4-8H3/t17-,20-,22+,23+,24+,25-,26-,27-/m1/s1. The van der Waals surface area contributed by atoms with Gasteiger partial charge in [-0.05, 0) is 55.9 Å². The highest BCUT2D eigenvalue weighted by Gasteiger charge is 2.71. The highest BCUT2D eigenvalue weighted by atomic mass is 16.8. The summed E-state index contributed by atoms with van der Waals surface area (Å²) in [6, 6.07) is 0. The molecule has 1 aliphatic heterocycles. The summed E-state index contributed by atoms with van der Waals surface area (Å²) < 4.78 is 30.0. The molecule has 34 heavy (non-hydrogen) atoms. The Morgan fingerprint density at radius 1 is 1.24 bits per heavy atom. The first kappa shape index (κ1) is 26.6. The summed E-state index contributed by atoms with van der Waals surface area (Å²) in [5.41, 5.74) is 0.858. The highest BCUT2D eigenvalue weighted by Crippen LogP contribution is 2.67. The van der Waals surface area contributed by atoms with Crippen molar-refractivity contribution in [2.75, 3.05) is 13.7 Å². The van der Waals surface area contributed by atoms with E-state index in [0.717, 1.165) is 30.4 Å². The summed E-state index contributed by atoms with van der Waals surface area (Å²) in [5.74, 6) is -0.545. The van der Waals surface area contributed by atoms with Gasteiger partial charge in [-0.25, -0.2) is 0 Å². The van der Waals surface area contributed by atoms with Crippen molar-refractivity contribution in [2.24, 2.45) is 22.7 Å². The van der Waals surface area contributed by atoms with Crippen LogP contribution in [0.15, 0.2) is 36.5 Å². The van der Waals surface area contributed by atoms with E-state index in [1.807, 2.05) is 13.0 Å². The van der Waals surface area contributed by atoms with Gasteiger partial charge in [0.2, 0.25) is 6.29 Å². The molecular formula is C27H40O7. The van der Waals surface area contributed by atoms with Crippen LogP contribution in [-0.4, -0.2) is 50.4 Å². The Bertz CT molecular complexity index is 848. The Kier molecular flexibility index (Phi) is 8.10. The molecule has 0 unspecified atom stereocenters. The van der Waals surface area contributed by atoms with E-state index in [1.54, 1.807) is 13.2 Å². The maximum absolute atomic E-state index is 12.2. The topological polar surface area (TPSA) is 80.3 Å². The summed E-state index contributed by atoms with van der Waals surface area (Å²) in [4.78, 5) is 24.1. The molecule has 0 aromatic carbocycles. The minimum atomic E-state index is -0.865. The predicted molar refractivity (Wildman–Crippen MR) is 127 cm³/mol. The molecule has 1 spiro atoms. The van der Waals surface area contributed by atoms with Gasteiger partial charge in [-0.1, -0.05) is 38.7 Å². The lowest BCUT2D eigenvalue weighted by molar-refractivity contribution is -0.259. The van der Waals surface area contributed by atoms with Crippen molar-refractivity contribution in [3.63, 3.8) is 0 Å². The van der Waals surface area contributed by atoms with Crippen LogP contribution in [0.2, 0.25) is 0 Å². The summed E-state index contributed by atoms with van der Waals surface area (Å²) in [5, 5.41) is 0. The minimum Gasteiger partial charge on any atom is -0.458 e. The summed E-state index contributed by atoms with van der Waals surface area (Å²) in [6.45, 7) is 17.6. The van der Waals surface area contributed by atoms with Crippen molar-refractivity contribution in [1.82, 2.24) is 0 Å². The van der Waals surface area contributed by atoms with Gasteiger partial charge in [-0.2, -0.15) is 0 Å².